The minimum absolute atomic E-state index is 0.169. The van der Waals surface area contributed by atoms with Crippen LogP contribution in [0.1, 0.15) is 57.4 Å². The van der Waals surface area contributed by atoms with Crippen molar-refractivity contribution in [3.8, 4) is 17.1 Å². The third-order valence-electron chi connectivity index (χ3n) is 6.06. The van der Waals surface area contributed by atoms with Crippen molar-refractivity contribution in [3.63, 3.8) is 0 Å². The smallest absolute Gasteiger partial charge is 0.494 e. The number of alkyl halides is 13. The van der Waals surface area contributed by atoms with Gasteiger partial charge in [-0.05, 0) is 42.7 Å². The van der Waals surface area contributed by atoms with Crippen molar-refractivity contribution in [2.75, 3.05) is 19.8 Å². The Morgan fingerprint density at radius 2 is 1.10 bits per heavy atom. The summed E-state index contributed by atoms with van der Waals surface area (Å²) in [4.78, 5) is 8.71. The zero-order valence-corrected chi connectivity index (χ0v) is 25.1. The van der Waals surface area contributed by atoms with Crippen LogP contribution in [-0.4, -0.2) is 66.7 Å². The lowest BCUT2D eigenvalue weighted by Gasteiger charge is -2.33. The Hall–Kier alpha value is -2.97. The summed E-state index contributed by atoms with van der Waals surface area (Å²) in [5.41, 5.74) is 1.67. The van der Waals surface area contributed by atoms with Gasteiger partial charge >= 0.3 is 36.9 Å². The highest BCUT2D eigenvalue weighted by Crippen LogP contribution is 2.48. The predicted molar refractivity (Wildman–Crippen MR) is 140 cm³/mol. The van der Waals surface area contributed by atoms with Crippen LogP contribution in [0.2, 0.25) is 0 Å². The fraction of sp³-hybridized carbons (Fsp3) is 0.643. The normalized spacial score (nSPS) is 13.6. The van der Waals surface area contributed by atoms with Gasteiger partial charge in [-0.3, -0.25) is 0 Å². The average molecular weight is 723 g/mol. The zero-order valence-electron chi connectivity index (χ0n) is 25.1. The Labute approximate surface area is 265 Å². The maximum Gasteiger partial charge on any atom is 0.527 e. The summed E-state index contributed by atoms with van der Waals surface area (Å²) < 4.78 is 184. The second-order valence-electron chi connectivity index (χ2n) is 10.2. The first-order chi connectivity index (χ1) is 22.1. The number of halogens is 13. The van der Waals surface area contributed by atoms with Crippen LogP contribution >= 0.6 is 0 Å². The summed E-state index contributed by atoms with van der Waals surface area (Å²) in [6.07, 6.45) is -28.7. The summed E-state index contributed by atoms with van der Waals surface area (Å²) in [5.74, 6) is 0.777. The van der Waals surface area contributed by atoms with Gasteiger partial charge in [0.05, 0.1) is 13.2 Å². The standard InChI is InChI=1S/C28H31F13N2O5/c1-2-3-4-5-6-7-9-19-16-42-22(43-17-19)20-10-12-21(13-11-20)45-15-8-14-44-18-23(29,30)46-24(31,32)25(33,34)47-26(35,36)27(37,38)48-28(39,40)41/h10-13,16-17H,2-9,14-15,18H2,1H3. The van der Waals surface area contributed by atoms with Crippen LogP contribution in [0, 0.1) is 0 Å². The molecule has 0 saturated heterocycles. The number of unbranched alkanes of at least 4 members (excludes halogenated alkanes) is 5. The second-order valence-corrected chi connectivity index (χ2v) is 10.2. The van der Waals surface area contributed by atoms with Gasteiger partial charge in [-0.15, -0.1) is 13.2 Å². The molecule has 1 heterocycles. The van der Waals surface area contributed by atoms with Crippen LogP contribution in [-0.2, 0) is 25.4 Å². The van der Waals surface area contributed by atoms with E-state index in [1.165, 1.54) is 25.7 Å². The van der Waals surface area contributed by atoms with Crippen LogP contribution in [0.25, 0.3) is 11.4 Å². The first-order valence-corrected chi connectivity index (χ1v) is 14.3. The molecule has 0 unspecified atom stereocenters. The maximum atomic E-state index is 13.7. The molecule has 0 bridgehead atoms. The van der Waals surface area contributed by atoms with E-state index in [2.05, 4.69) is 26.4 Å². The monoisotopic (exact) mass is 722 g/mol. The lowest BCUT2D eigenvalue weighted by atomic mass is 10.1. The van der Waals surface area contributed by atoms with Crippen LogP contribution < -0.4 is 4.74 Å². The van der Waals surface area contributed by atoms with Gasteiger partial charge in [0.25, 0.3) is 0 Å². The van der Waals surface area contributed by atoms with Crippen molar-refractivity contribution in [1.29, 1.82) is 0 Å². The van der Waals surface area contributed by atoms with Gasteiger partial charge in [0.15, 0.2) is 5.82 Å². The molecule has 0 amide bonds. The van der Waals surface area contributed by atoms with E-state index < -0.39 is 50.1 Å². The molecule has 274 valence electrons. The summed E-state index contributed by atoms with van der Waals surface area (Å²) in [6.45, 7) is -0.857. The number of ether oxygens (including phenoxy) is 5. The quantitative estimate of drug-likeness (QED) is 0.0886. The zero-order chi connectivity index (χ0) is 36.3. The molecule has 0 fully saturated rings. The van der Waals surface area contributed by atoms with Gasteiger partial charge in [-0.2, -0.15) is 43.9 Å². The summed E-state index contributed by atoms with van der Waals surface area (Å²) in [5, 5.41) is 0. The van der Waals surface area contributed by atoms with Gasteiger partial charge in [-0.1, -0.05) is 39.0 Å². The van der Waals surface area contributed by atoms with Crippen molar-refractivity contribution in [2.45, 2.75) is 95.2 Å². The minimum atomic E-state index is -7.10. The summed E-state index contributed by atoms with van der Waals surface area (Å²) in [6, 6.07) is 6.38. The van der Waals surface area contributed by atoms with E-state index in [1.807, 2.05) is 0 Å². The molecule has 48 heavy (non-hydrogen) atoms. The third kappa shape index (κ3) is 13.5. The summed E-state index contributed by atoms with van der Waals surface area (Å²) in [7, 11) is 0. The summed E-state index contributed by atoms with van der Waals surface area (Å²) >= 11 is 0. The molecule has 1 aromatic heterocycles. The van der Waals surface area contributed by atoms with E-state index in [0.717, 1.165) is 24.8 Å². The highest BCUT2D eigenvalue weighted by Gasteiger charge is 2.74. The molecule has 0 N–H and O–H groups in total. The van der Waals surface area contributed by atoms with E-state index in [0.29, 0.717) is 17.1 Å². The van der Waals surface area contributed by atoms with Crippen molar-refractivity contribution >= 4 is 0 Å². The lowest BCUT2D eigenvalue weighted by Crippen LogP contribution is -2.57. The predicted octanol–water partition coefficient (Wildman–Crippen LogP) is 9.37. The van der Waals surface area contributed by atoms with Gasteiger partial charge in [0.1, 0.15) is 12.4 Å². The molecular weight excluding hydrogens is 691 g/mol. The Balaban J connectivity index is 1.76. The van der Waals surface area contributed by atoms with E-state index in [1.54, 1.807) is 46.1 Å². The van der Waals surface area contributed by atoms with Crippen LogP contribution in [0.3, 0.4) is 0 Å². The second kappa shape index (κ2) is 17.1. The van der Waals surface area contributed by atoms with E-state index >= 15 is 0 Å². The average Bonchev–Trinajstić information content (AvgIpc) is 2.95. The Morgan fingerprint density at radius 3 is 1.67 bits per heavy atom. The van der Waals surface area contributed by atoms with Crippen LogP contribution in [0.15, 0.2) is 36.7 Å². The fourth-order valence-electron chi connectivity index (χ4n) is 3.75. The number of benzene rings is 1. The van der Waals surface area contributed by atoms with Gasteiger partial charge in [0.2, 0.25) is 0 Å². The van der Waals surface area contributed by atoms with E-state index in [9.17, 15) is 57.1 Å². The highest BCUT2D eigenvalue weighted by atomic mass is 19.4. The van der Waals surface area contributed by atoms with Crippen molar-refractivity contribution in [1.82, 2.24) is 9.97 Å². The SMILES string of the molecule is CCCCCCCCc1cnc(-c2ccc(OCCCOCC(F)(F)OC(F)(F)C(F)(F)OC(F)(F)C(F)(F)OC(F)(F)F)cc2)nc1. The number of aromatic nitrogens is 2. The van der Waals surface area contributed by atoms with Crippen molar-refractivity contribution in [2.24, 2.45) is 0 Å². The molecule has 0 aliphatic carbocycles. The molecular formula is C28H31F13N2O5. The van der Waals surface area contributed by atoms with Gasteiger partial charge in [0, 0.05) is 24.4 Å². The molecule has 0 aliphatic heterocycles. The molecule has 0 spiro atoms. The molecule has 0 radical (unpaired) electrons. The topological polar surface area (TPSA) is 71.9 Å². The van der Waals surface area contributed by atoms with Gasteiger partial charge < -0.3 is 9.47 Å². The number of hydrogen-bond acceptors (Lipinski definition) is 7. The number of aryl methyl sites for hydroxylation is 1. The minimum Gasteiger partial charge on any atom is -0.494 e. The molecule has 0 atom stereocenters. The van der Waals surface area contributed by atoms with E-state index in [4.69, 9.17) is 4.74 Å². The number of nitrogens with zero attached hydrogens (tertiary/aromatic N) is 2. The Kier molecular flexibility index (Phi) is 14.7. The molecule has 2 rings (SSSR count). The largest absolute Gasteiger partial charge is 0.527 e. The Morgan fingerprint density at radius 1 is 0.583 bits per heavy atom. The maximum absolute atomic E-state index is 13.7. The highest BCUT2D eigenvalue weighted by molar-refractivity contribution is 5.55. The Bertz CT molecular complexity index is 1230. The lowest BCUT2D eigenvalue weighted by molar-refractivity contribution is -0.564. The van der Waals surface area contributed by atoms with E-state index in [-0.39, 0.29) is 13.0 Å². The molecule has 2 aromatic rings. The van der Waals surface area contributed by atoms with Crippen molar-refractivity contribution in [3.05, 3.63) is 42.2 Å². The van der Waals surface area contributed by atoms with Crippen LogP contribution in [0.4, 0.5) is 57.1 Å². The van der Waals surface area contributed by atoms with Crippen molar-refractivity contribution < 1.29 is 80.8 Å². The molecule has 7 nitrogen and oxygen atoms in total. The third-order valence-corrected chi connectivity index (χ3v) is 6.06. The number of hydrogen-bond donors (Lipinski definition) is 0. The fourth-order valence-corrected chi connectivity index (χ4v) is 3.75. The van der Waals surface area contributed by atoms with Gasteiger partial charge in [-0.25, -0.2) is 24.2 Å². The first kappa shape index (κ1) is 41.2. The molecule has 0 saturated carbocycles. The molecule has 0 aliphatic rings. The number of rotatable bonds is 22. The molecule has 20 heteroatoms. The first-order valence-electron chi connectivity index (χ1n) is 14.3. The molecule has 1 aromatic carbocycles. The van der Waals surface area contributed by atoms with Crippen LogP contribution in [0.5, 0.6) is 5.75 Å².